The highest BCUT2D eigenvalue weighted by Crippen LogP contribution is 2.02. The molecule has 5 nitrogen and oxygen atoms in total. The molecule has 0 bridgehead atoms. The van der Waals surface area contributed by atoms with Crippen molar-refractivity contribution in [2.24, 2.45) is 0 Å². The van der Waals surface area contributed by atoms with Gasteiger partial charge in [0.25, 0.3) is 5.91 Å². The Bertz CT molecular complexity index is 395. The zero-order valence-electron chi connectivity index (χ0n) is 8.62. The van der Waals surface area contributed by atoms with Crippen LogP contribution in [0.5, 0.6) is 0 Å². The van der Waals surface area contributed by atoms with E-state index in [-0.39, 0.29) is 12.2 Å². The van der Waals surface area contributed by atoms with E-state index < -0.39 is 17.8 Å². The lowest BCUT2D eigenvalue weighted by Crippen LogP contribution is -2.41. The number of nitrogens with one attached hydrogen (secondary N) is 2. The highest BCUT2D eigenvalue weighted by molar-refractivity contribution is 5.94. The van der Waals surface area contributed by atoms with Gasteiger partial charge in [0.15, 0.2) is 0 Å². The molecule has 16 heavy (non-hydrogen) atoms. The average Bonchev–Trinajstić information content (AvgIpc) is 2.26. The second-order valence-electron chi connectivity index (χ2n) is 2.81. The Morgan fingerprint density at radius 1 is 1.38 bits per heavy atom. The quantitative estimate of drug-likeness (QED) is 0.745. The number of hydrogen-bond acceptors (Lipinski definition) is 3. The SMILES string of the molecule is CCOC(=O)NNC(=O)c1cccc(F)c1. The van der Waals surface area contributed by atoms with Crippen molar-refractivity contribution in [1.29, 1.82) is 0 Å². The van der Waals surface area contributed by atoms with E-state index in [9.17, 15) is 14.0 Å². The zero-order chi connectivity index (χ0) is 12.0. The molecule has 0 atom stereocenters. The highest BCUT2D eigenvalue weighted by atomic mass is 19.1. The van der Waals surface area contributed by atoms with E-state index in [1.54, 1.807) is 6.92 Å². The third-order valence-electron chi connectivity index (χ3n) is 1.64. The smallest absolute Gasteiger partial charge is 0.426 e. The predicted octanol–water partition coefficient (Wildman–Crippen LogP) is 1.22. The summed E-state index contributed by atoms with van der Waals surface area (Å²) in [6.45, 7) is 1.83. The van der Waals surface area contributed by atoms with Gasteiger partial charge >= 0.3 is 6.09 Å². The summed E-state index contributed by atoms with van der Waals surface area (Å²) in [5, 5.41) is 0. The first-order valence-electron chi connectivity index (χ1n) is 4.62. The van der Waals surface area contributed by atoms with Crippen molar-refractivity contribution in [3.8, 4) is 0 Å². The molecule has 6 heteroatoms. The molecule has 0 aliphatic carbocycles. The summed E-state index contributed by atoms with van der Waals surface area (Å²) in [4.78, 5) is 22.2. The number of carbonyl (C=O) groups excluding carboxylic acids is 2. The van der Waals surface area contributed by atoms with E-state index in [1.807, 2.05) is 5.43 Å². The van der Waals surface area contributed by atoms with Gasteiger partial charge in [-0.15, -0.1) is 0 Å². The summed E-state index contributed by atoms with van der Waals surface area (Å²) >= 11 is 0. The Kier molecular flexibility index (Phi) is 4.26. The molecule has 2 N–H and O–H groups in total. The van der Waals surface area contributed by atoms with Crippen molar-refractivity contribution >= 4 is 12.0 Å². The van der Waals surface area contributed by atoms with Gasteiger partial charge in [-0.05, 0) is 25.1 Å². The summed E-state index contributed by atoms with van der Waals surface area (Å²) in [6, 6.07) is 5.09. The molecule has 0 radical (unpaired) electrons. The Balaban J connectivity index is 2.50. The number of hydrazine groups is 1. The fourth-order valence-corrected chi connectivity index (χ4v) is 0.977. The second kappa shape index (κ2) is 5.69. The standard InChI is InChI=1S/C10H11FN2O3/c1-2-16-10(15)13-12-9(14)7-4-3-5-8(11)6-7/h3-6H,2H2,1H3,(H,12,14)(H,13,15). The summed E-state index contributed by atoms with van der Waals surface area (Å²) in [6.07, 6.45) is -0.771. The van der Waals surface area contributed by atoms with E-state index in [2.05, 4.69) is 10.2 Å². The first-order chi connectivity index (χ1) is 7.63. The molecule has 0 aromatic heterocycles. The number of ether oxygens (including phenoxy) is 1. The lowest BCUT2D eigenvalue weighted by Gasteiger charge is -2.06. The van der Waals surface area contributed by atoms with Crippen LogP contribution >= 0.6 is 0 Å². The van der Waals surface area contributed by atoms with Gasteiger partial charge in [-0.25, -0.2) is 14.6 Å². The molecule has 1 aromatic carbocycles. The molecule has 2 amide bonds. The largest absolute Gasteiger partial charge is 0.449 e. The number of hydrogen-bond donors (Lipinski definition) is 2. The van der Waals surface area contributed by atoms with E-state index in [4.69, 9.17) is 0 Å². The van der Waals surface area contributed by atoms with Crippen LogP contribution in [0.25, 0.3) is 0 Å². The number of amides is 2. The third kappa shape index (κ3) is 3.56. The highest BCUT2D eigenvalue weighted by Gasteiger charge is 2.07. The summed E-state index contributed by atoms with van der Waals surface area (Å²) in [5.41, 5.74) is 4.21. The molecule has 0 aliphatic rings. The van der Waals surface area contributed by atoms with Gasteiger partial charge in [-0.1, -0.05) is 6.07 Å². The first-order valence-corrected chi connectivity index (χ1v) is 4.62. The van der Waals surface area contributed by atoms with Crippen molar-refractivity contribution in [3.63, 3.8) is 0 Å². The molecule has 0 unspecified atom stereocenters. The lowest BCUT2D eigenvalue weighted by atomic mass is 10.2. The van der Waals surface area contributed by atoms with Crippen molar-refractivity contribution in [3.05, 3.63) is 35.6 Å². The third-order valence-corrected chi connectivity index (χ3v) is 1.64. The monoisotopic (exact) mass is 226 g/mol. The van der Waals surface area contributed by atoms with Gasteiger partial charge in [-0.3, -0.25) is 10.2 Å². The van der Waals surface area contributed by atoms with Crippen LogP contribution in [0.3, 0.4) is 0 Å². The zero-order valence-corrected chi connectivity index (χ0v) is 8.62. The maximum atomic E-state index is 12.8. The normalized spacial score (nSPS) is 9.38. The molecule has 86 valence electrons. The van der Waals surface area contributed by atoms with Crippen LogP contribution in [0.1, 0.15) is 17.3 Å². The molecule has 0 spiro atoms. The Morgan fingerprint density at radius 3 is 2.75 bits per heavy atom. The Morgan fingerprint density at radius 2 is 2.12 bits per heavy atom. The van der Waals surface area contributed by atoms with E-state index in [0.717, 1.165) is 6.07 Å². The van der Waals surface area contributed by atoms with Crippen LogP contribution in [0.2, 0.25) is 0 Å². The van der Waals surface area contributed by atoms with Crippen LogP contribution in [0.4, 0.5) is 9.18 Å². The topological polar surface area (TPSA) is 67.4 Å². The fraction of sp³-hybridized carbons (Fsp3) is 0.200. The number of carbonyl (C=O) groups is 2. The van der Waals surface area contributed by atoms with Crippen LogP contribution in [0, 0.1) is 5.82 Å². The van der Waals surface area contributed by atoms with E-state index in [0.29, 0.717) is 0 Å². The Labute approximate surface area is 91.6 Å². The predicted molar refractivity (Wildman–Crippen MR) is 54.0 cm³/mol. The summed E-state index contributed by atoms with van der Waals surface area (Å²) in [5.74, 6) is -1.14. The van der Waals surface area contributed by atoms with Crippen molar-refractivity contribution in [2.75, 3.05) is 6.61 Å². The van der Waals surface area contributed by atoms with Gasteiger partial charge in [0.05, 0.1) is 6.61 Å². The van der Waals surface area contributed by atoms with E-state index >= 15 is 0 Å². The molecule has 1 aromatic rings. The molecule has 0 saturated heterocycles. The first kappa shape index (κ1) is 12.0. The number of halogens is 1. The van der Waals surface area contributed by atoms with Gasteiger partial charge in [0, 0.05) is 5.56 Å². The van der Waals surface area contributed by atoms with Gasteiger partial charge in [0.1, 0.15) is 5.82 Å². The second-order valence-corrected chi connectivity index (χ2v) is 2.81. The molecular weight excluding hydrogens is 215 g/mol. The van der Waals surface area contributed by atoms with E-state index in [1.165, 1.54) is 18.2 Å². The summed E-state index contributed by atoms with van der Waals surface area (Å²) in [7, 11) is 0. The Hall–Kier alpha value is -2.11. The molecule has 0 fully saturated rings. The average molecular weight is 226 g/mol. The molecule has 0 aliphatic heterocycles. The molecule has 1 rings (SSSR count). The van der Waals surface area contributed by atoms with Gasteiger partial charge in [0.2, 0.25) is 0 Å². The molecular formula is C10H11FN2O3. The minimum absolute atomic E-state index is 0.108. The van der Waals surface area contributed by atoms with Crippen LogP contribution in [0.15, 0.2) is 24.3 Å². The minimum atomic E-state index is -0.771. The maximum Gasteiger partial charge on any atom is 0.426 e. The molecule has 0 saturated carbocycles. The molecule has 0 heterocycles. The van der Waals surface area contributed by atoms with Crippen LogP contribution in [-0.4, -0.2) is 18.6 Å². The van der Waals surface area contributed by atoms with Gasteiger partial charge in [-0.2, -0.15) is 0 Å². The minimum Gasteiger partial charge on any atom is -0.449 e. The maximum absolute atomic E-state index is 12.8. The lowest BCUT2D eigenvalue weighted by molar-refractivity contribution is 0.0912. The number of benzene rings is 1. The summed E-state index contributed by atoms with van der Waals surface area (Å²) < 4.78 is 17.3. The van der Waals surface area contributed by atoms with Crippen molar-refractivity contribution in [2.45, 2.75) is 6.92 Å². The van der Waals surface area contributed by atoms with Crippen molar-refractivity contribution in [1.82, 2.24) is 10.9 Å². The van der Waals surface area contributed by atoms with Crippen LogP contribution in [-0.2, 0) is 4.74 Å². The van der Waals surface area contributed by atoms with Crippen molar-refractivity contribution < 1.29 is 18.7 Å². The van der Waals surface area contributed by atoms with Gasteiger partial charge < -0.3 is 4.74 Å². The number of rotatable bonds is 2. The van der Waals surface area contributed by atoms with Crippen LogP contribution < -0.4 is 10.9 Å². The fourth-order valence-electron chi connectivity index (χ4n) is 0.977.